The number of benzene rings is 2. The molecule has 0 saturated carbocycles. The van der Waals surface area contributed by atoms with Crippen LogP contribution in [-0.4, -0.2) is 39.4 Å². The van der Waals surface area contributed by atoms with Gasteiger partial charge >= 0.3 is 0 Å². The number of carbonyl (C=O) groups excluding carboxylic acids is 1. The molecule has 1 amide bonds. The van der Waals surface area contributed by atoms with Crippen LogP contribution in [0.5, 0.6) is 5.75 Å². The molecule has 1 N–H and O–H groups in total. The average Bonchev–Trinajstić information content (AvgIpc) is 3.00. The Morgan fingerprint density at radius 3 is 2.38 bits per heavy atom. The first kappa shape index (κ1) is 21.2. The Morgan fingerprint density at radius 1 is 1.03 bits per heavy atom. The van der Waals surface area contributed by atoms with Crippen LogP contribution in [0.25, 0.3) is 0 Å². The zero-order valence-electron chi connectivity index (χ0n) is 17.2. The predicted molar refractivity (Wildman–Crippen MR) is 114 cm³/mol. The fraction of sp³-hybridized carbons (Fsp3) is 0.409. The molecule has 0 aliphatic carbocycles. The maximum absolute atomic E-state index is 13.1. The Hall–Kier alpha value is -2.54. The number of hydrogen-bond acceptors (Lipinski definition) is 4. The van der Waals surface area contributed by atoms with Crippen molar-refractivity contribution in [1.29, 1.82) is 0 Å². The van der Waals surface area contributed by atoms with Crippen molar-refractivity contribution in [2.24, 2.45) is 0 Å². The lowest BCUT2D eigenvalue weighted by Gasteiger charge is -2.22. The molecule has 156 valence electrons. The lowest BCUT2D eigenvalue weighted by molar-refractivity contribution is 0.0758. The van der Waals surface area contributed by atoms with Gasteiger partial charge in [-0.05, 0) is 62.1 Å². The molecule has 1 aliphatic rings. The molecule has 0 unspecified atom stereocenters. The number of amides is 1. The van der Waals surface area contributed by atoms with Crippen molar-refractivity contribution in [3.8, 4) is 5.75 Å². The number of nitrogens with zero attached hydrogens (tertiary/aromatic N) is 1. The maximum Gasteiger partial charge on any atom is 0.261 e. The first-order valence-electron chi connectivity index (χ1n) is 9.90. The smallest absolute Gasteiger partial charge is 0.261 e. The van der Waals surface area contributed by atoms with Gasteiger partial charge in [0.2, 0.25) is 0 Å². The molecular formula is C22H28N2O4S. The van der Waals surface area contributed by atoms with E-state index in [1.807, 2.05) is 26.0 Å². The Kier molecular flexibility index (Phi) is 6.47. The van der Waals surface area contributed by atoms with E-state index >= 15 is 0 Å². The van der Waals surface area contributed by atoms with E-state index in [0.717, 1.165) is 36.8 Å². The van der Waals surface area contributed by atoms with Crippen molar-refractivity contribution in [3.63, 3.8) is 0 Å². The van der Waals surface area contributed by atoms with Crippen LogP contribution < -0.4 is 9.46 Å². The van der Waals surface area contributed by atoms with Gasteiger partial charge in [0.25, 0.3) is 15.9 Å². The first-order chi connectivity index (χ1) is 13.8. The number of anilines is 1. The molecule has 2 aromatic carbocycles. The van der Waals surface area contributed by atoms with Crippen molar-refractivity contribution in [2.45, 2.75) is 44.4 Å². The van der Waals surface area contributed by atoms with E-state index in [-0.39, 0.29) is 16.4 Å². The van der Waals surface area contributed by atoms with Gasteiger partial charge in [0.15, 0.2) is 0 Å². The summed E-state index contributed by atoms with van der Waals surface area (Å²) in [5.41, 5.74) is 2.67. The normalized spacial score (nSPS) is 14.9. The van der Waals surface area contributed by atoms with Crippen molar-refractivity contribution in [1.82, 2.24) is 4.90 Å². The zero-order valence-corrected chi connectivity index (χ0v) is 18.0. The first-order valence-corrected chi connectivity index (χ1v) is 11.4. The molecule has 0 aromatic heterocycles. The second kappa shape index (κ2) is 8.86. The van der Waals surface area contributed by atoms with E-state index in [0.29, 0.717) is 24.5 Å². The summed E-state index contributed by atoms with van der Waals surface area (Å²) in [5.74, 6) is 0.192. The summed E-state index contributed by atoms with van der Waals surface area (Å²) in [7, 11) is -2.36. The van der Waals surface area contributed by atoms with Crippen LogP contribution in [0.1, 0.15) is 47.2 Å². The number of hydrogen-bond donors (Lipinski definition) is 1. The van der Waals surface area contributed by atoms with E-state index in [4.69, 9.17) is 4.74 Å². The molecule has 0 spiro atoms. The van der Waals surface area contributed by atoms with Crippen LogP contribution in [0.15, 0.2) is 41.3 Å². The molecule has 7 heteroatoms. The van der Waals surface area contributed by atoms with Crippen molar-refractivity contribution < 1.29 is 17.9 Å². The number of aryl methyl sites for hydroxylation is 1. The van der Waals surface area contributed by atoms with Gasteiger partial charge in [-0.3, -0.25) is 9.52 Å². The van der Waals surface area contributed by atoms with Gasteiger partial charge in [-0.1, -0.05) is 25.0 Å². The van der Waals surface area contributed by atoms with Crippen LogP contribution in [0.2, 0.25) is 0 Å². The summed E-state index contributed by atoms with van der Waals surface area (Å²) in [6, 6.07) is 9.89. The quantitative estimate of drug-likeness (QED) is 0.795. The van der Waals surface area contributed by atoms with Crippen LogP contribution in [0.4, 0.5) is 5.69 Å². The molecule has 1 heterocycles. The summed E-state index contributed by atoms with van der Waals surface area (Å²) in [5, 5.41) is 0. The molecule has 0 atom stereocenters. The molecule has 29 heavy (non-hydrogen) atoms. The Labute approximate surface area is 172 Å². The highest BCUT2D eigenvalue weighted by Gasteiger charge is 2.24. The third-order valence-electron chi connectivity index (χ3n) is 5.45. The van der Waals surface area contributed by atoms with Gasteiger partial charge < -0.3 is 9.64 Å². The van der Waals surface area contributed by atoms with Gasteiger partial charge in [0.05, 0.1) is 23.3 Å². The zero-order chi connectivity index (χ0) is 21.0. The van der Waals surface area contributed by atoms with Crippen molar-refractivity contribution >= 4 is 21.6 Å². The highest BCUT2D eigenvalue weighted by Crippen LogP contribution is 2.27. The minimum atomic E-state index is -3.85. The SMILES string of the molecule is COc1ccc(S(=O)(=O)Nc2cccc(C)c2C)cc1C(=O)N1CCCCCC1. The van der Waals surface area contributed by atoms with Crippen molar-refractivity contribution in [2.75, 3.05) is 24.9 Å². The van der Waals surface area contributed by atoms with Crippen molar-refractivity contribution in [3.05, 3.63) is 53.1 Å². The van der Waals surface area contributed by atoms with Crippen LogP contribution in [-0.2, 0) is 10.0 Å². The molecular weight excluding hydrogens is 388 g/mol. The van der Waals surface area contributed by atoms with E-state index in [1.54, 1.807) is 17.0 Å². The number of nitrogens with one attached hydrogen (secondary N) is 1. The highest BCUT2D eigenvalue weighted by atomic mass is 32.2. The van der Waals surface area contributed by atoms with Gasteiger partial charge in [-0.2, -0.15) is 0 Å². The molecule has 1 saturated heterocycles. The predicted octanol–water partition coefficient (Wildman–Crippen LogP) is 4.13. The summed E-state index contributed by atoms with van der Waals surface area (Å²) in [6.07, 6.45) is 4.13. The number of ether oxygens (including phenoxy) is 1. The summed E-state index contributed by atoms with van der Waals surface area (Å²) >= 11 is 0. The minimum absolute atomic E-state index is 0.0392. The third kappa shape index (κ3) is 4.72. The second-order valence-electron chi connectivity index (χ2n) is 7.42. The number of likely N-dealkylation sites (tertiary alicyclic amines) is 1. The highest BCUT2D eigenvalue weighted by molar-refractivity contribution is 7.92. The fourth-order valence-corrected chi connectivity index (χ4v) is 4.68. The molecule has 6 nitrogen and oxygen atoms in total. The van der Waals surface area contributed by atoms with Gasteiger partial charge in [-0.25, -0.2) is 8.42 Å². The Bertz CT molecular complexity index is 994. The largest absolute Gasteiger partial charge is 0.496 e. The Balaban J connectivity index is 1.94. The van der Waals surface area contributed by atoms with E-state index < -0.39 is 10.0 Å². The van der Waals surface area contributed by atoms with Crippen LogP contribution in [0, 0.1) is 13.8 Å². The lowest BCUT2D eigenvalue weighted by Crippen LogP contribution is -2.32. The topological polar surface area (TPSA) is 75.7 Å². The molecule has 0 bridgehead atoms. The minimum Gasteiger partial charge on any atom is -0.496 e. The second-order valence-corrected chi connectivity index (χ2v) is 9.10. The van der Waals surface area contributed by atoms with E-state index in [2.05, 4.69) is 4.72 Å². The monoisotopic (exact) mass is 416 g/mol. The molecule has 0 radical (unpaired) electrons. The summed E-state index contributed by atoms with van der Waals surface area (Å²) < 4.78 is 34.0. The van der Waals surface area contributed by atoms with E-state index in [9.17, 15) is 13.2 Å². The number of methoxy groups -OCH3 is 1. The average molecular weight is 417 g/mol. The number of sulfonamides is 1. The third-order valence-corrected chi connectivity index (χ3v) is 6.82. The molecule has 2 aromatic rings. The fourth-order valence-electron chi connectivity index (χ4n) is 3.53. The van der Waals surface area contributed by atoms with Crippen LogP contribution in [0.3, 0.4) is 0 Å². The maximum atomic E-state index is 13.1. The number of rotatable bonds is 5. The summed E-state index contributed by atoms with van der Waals surface area (Å²) in [4.78, 5) is 14.9. The Morgan fingerprint density at radius 2 is 1.72 bits per heavy atom. The summed E-state index contributed by atoms with van der Waals surface area (Å²) in [6.45, 7) is 5.16. The standard InChI is InChI=1S/C22H28N2O4S/c1-16-9-8-10-20(17(16)2)23-29(26,27)18-11-12-21(28-3)19(15-18)22(25)24-13-6-4-5-7-14-24/h8-12,15,23H,4-7,13-14H2,1-3H3. The van der Waals surface area contributed by atoms with Gasteiger partial charge in [0.1, 0.15) is 5.75 Å². The number of carbonyl (C=O) groups is 1. The molecule has 1 aliphatic heterocycles. The van der Waals surface area contributed by atoms with Crippen LogP contribution >= 0.6 is 0 Å². The van der Waals surface area contributed by atoms with Gasteiger partial charge in [0, 0.05) is 13.1 Å². The lowest BCUT2D eigenvalue weighted by atomic mass is 10.1. The van der Waals surface area contributed by atoms with Gasteiger partial charge in [-0.15, -0.1) is 0 Å². The van der Waals surface area contributed by atoms with E-state index in [1.165, 1.54) is 19.2 Å². The molecule has 1 fully saturated rings. The molecule has 3 rings (SSSR count).